The zero-order valence-electron chi connectivity index (χ0n) is 19.1. The molecule has 2 aromatic carbocycles. The highest BCUT2D eigenvalue weighted by molar-refractivity contribution is 5.83. The molecular weight excluding hydrogens is 499 g/mol. The molecule has 0 saturated carbocycles. The topological polar surface area (TPSA) is 88.3 Å². The van der Waals surface area contributed by atoms with E-state index in [1.165, 1.54) is 30.3 Å². The van der Waals surface area contributed by atoms with Crippen LogP contribution in [0.25, 0.3) is 22.8 Å². The Labute approximate surface area is 205 Å². The zero-order valence-corrected chi connectivity index (χ0v) is 19.1. The van der Waals surface area contributed by atoms with E-state index in [9.17, 15) is 27.1 Å². The number of nitrogens with one attached hydrogen (secondary N) is 1. The molecule has 1 unspecified atom stereocenters. The lowest BCUT2D eigenvalue weighted by molar-refractivity contribution is -0.115. The molecule has 0 saturated heterocycles. The van der Waals surface area contributed by atoms with Crippen molar-refractivity contribution in [1.82, 2.24) is 20.0 Å². The molecule has 3 heterocycles. The predicted molar refractivity (Wildman–Crippen MR) is 125 cm³/mol. The van der Waals surface area contributed by atoms with Crippen molar-refractivity contribution in [2.24, 2.45) is 7.05 Å². The summed E-state index contributed by atoms with van der Waals surface area (Å²) in [5.74, 6) is -0.126. The van der Waals surface area contributed by atoms with Gasteiger partial charge in [-0.1, -0.05) is 17.3 Å². The SMILES string of the molecule is Cn1nnc2ccc(N3C=c4ccc(NCC(F)(F)F)nc4=C(c4ccc(OC(F)F)cc4)C3O)cc21. The molecule has 37 heavy (non-hydrogen) atoms. The van der Waals surface area contributed by atoms with E-state index in [-0.39, 0.29) is 22.5 Å². The molecular formula is C24H19F5N6O2. The summed E-state index contributed by atoms with van der Waals surface area (Å²) in [6.45, 7) is -4.30. The van der Waals surface area contributed by atoms with Crippen LogP contribution in [0.15, 0.2) is 54.6 Å². The van der Waals surface area contributed by atoms with Gasteiger partial charge in [-0.05, 0) is 48.0 Å². The molecule has 1 aliphatic heterocycles. The summed E-state index contributed by atoms with van der Waals surface area (Å²) < 4.78 is 69.4. The molecule has 0 bridgehead atoms. The second-order valence-corrected chi connectivity index (χ2v) is 8.22. The van der Waals surface area contributed by atoms with Gasteiger partial charge in [0.2, 0.25) is 0 Å². The smallest absolute Gasteiger partial charge is 0.405 e. The van der Waals surface area contributed by atoms with Crippen molar-refractivity contribution in [1.29, 1.82) is 0 Å². The van der Waals surface area contributed by atoms with Gasteiger partial charge in [-0.15, -0.1) is 5.10 Å². The number of benzene rings is 2. The van der Waals surface area contributed by atoms with Crippen LogP contribution >= 0.6 is 0 Å². The highest BCUT2D eigenvalue weighted by Crippen LogP contribution is 2.29. The standard InChI is InChI=1S/C24H19F5N6O2/c1-34-18-10-15(5-8-17(18)32-33-34)35-11-14-4-9-19(30-12-24(27,28)29)31-21(14)20(22(35)36)13-2-6-16(7-3-13)37-23(25)26/h2-11,22-23,36H,12H2,1H3,(H,30,31). The van der Waals surface area contributed by atoms with E-state index in [2.05, 4.69) is 25.3 Å². The van der Waals surface area contributed by atoms with Crippen LogP contribution in [0.3, 0.4) is 0 Å². The molecule has 0 radical (unpaired) electrons. The van der Waals surface area contributed by atoms with Gasteiger partial charge >= 0.3 is 12.8 Å². The average molecular weight is 518 g/mol. The molecule has 1 aliphatic rings. The molecule has 8 nitrogen and oxygen atoms in total. The monoisotopic (exact) mass is 518 g/mol. The number of alkyl halides is 5. The molecule has 4 aromatic rings. The number of aliphatic hydroxyl groups excluding tert-OH is 1. The van der Waals surface area contributed by atoms with Gasteiger partial charge in [0.1, 0.15) is 23.6 Å². The first-order chi connectivity index (χ1) is 17.6. The van der Waals surface area contributed by atoms with Crippen molar-refractivity contribution in [2.45, 2.75) is 19.0 Å². The van der Waals surface area contributed by atoms with E-state index in [1.54, 1.807) is 47.1 Å². The third-order valence-corrected chi connectivity index (χ3v) is 5.73. The average Bonchev–Trinajstić information content (AvgIpc) is 3.22. The lowest BCUT2D eigenvalue weighted by Crippen LogP contribution is -2.47. The quantitative estimate of drug-likeness (QED) is 0.380. The number of aliphatic hydroxyl groups is 1. The van der Waals surface area contributed by atoms with Gasteiger partial charge in [-0.25, -0.2) is 9.67 Å². The number of fused-ring (bicyclic) bond motifs is 2. The molecule has 2 N–H and O–H groups in total. The lowest BCUT2D eigenvalue weighted by Gasteiger charge is -2.31. The Hall–Kier alpha value is -4.26. The minimum absolute atomic E-state index is 0.0392. The van der Waals surface area contributed by atoms with Gasteiger partial charge in [-0.2, -0.15) is 22.0 Å². The van der Waals surface area contributed by atoms with Gasteiger partial charge in [-0.3, -0.25) is 0 Å². The Morgan fingerprint density at radius 3 is 2.54 bits per heavy atom. The molecule has 2 aromatic heterocycles. The fourth-order valence-electron chi connectivity index (χ4n) is 4.06. The molecule has 0 amide bonds. The number of pyridine rings is 1. The van der Waals surface area contributed by atoms with Gasteiger partial charge in [0.15, 0.2) is 6.23 Å². The Kier molecular flexibility index (Phi) is 6.15. The summed E-state index contributed by atoms with van der Waals surface area (Å²) in [5, 5.41) is 22.5. The first kappa shape index (κ1) is 24.4. The Bertz CT molecular complexity index is 1570. The van der Waals surface area contributed by atoms with Gasteiger partial charge in [0.25, 0.3) is 0 Å². The maximum Gasteiger partial charge on any atom is 0.405 e. The van der Waals surface area contributed by atoms with Crippen LogP contribution in [-0.4, -0.2) is 50.6 Å². The van der Waals surface area contributed by atoms with E-state index in [4.69, 9.17) is 0 Å². The van der Waals surface area contributed by atoms with Crippen molar-refractivity contribution < 1.29 is 31.8 Å². The third-order valence-electron chi connectivity index (χ3n) is 5.73. The molecule has 0 fully saturated rings. The first-order valence-corrected chi connectivity index (χ1v) is 10.9. The highest BCUT2D eigenvalue weighted by Gasteiger charge is 2.28. The predicted octanol–water partition coefficient (Wildman–Crippen LogP) is 2.71. The molecule has 5 rings (SSSR count). The number of aryl methyl sites for hydroxylation is 1. The fraction of sp³-hybridized carbons (Fsp3) is 0.208. The van der Waals surface area contributed by atoms with Crippen LogP contribution in [0, 0.1) is 0 Å². The summed E-state index contributed by atoms with van der Waals surface area (Å²) in [7, 11) is 1.73. The number of aromatic nitrogens is 4. The largest absolute Gasteiger partial charge is 0.435 e. The summed E-state index contributed by atoms with van der Waals surface area (Å²) >= 11 is 0. The van der Waals surface area contributed by atoms with Crippen molar-refractivity contribution >= 4 is 34.3 Å². The molecule has 1 atom stereocenters. The third kappa shape index (κ3) is 5.03. The van der Waals surface area contributed by atoms with Crippen LogP contribution in [-0.2, 0) is 7.05 Å². The number of anilines is 2. The Morgan fingerprint density at radius 1 is 1.08 bits per heavy atom. The van der Waals surface area contributed by atoms with Crippen LogP contribution in [0.5, 0.6) is 5.75 Å². The molecule has 192 valence electrons. The van der Waals surface area contributed by atoms with Crippen LogP contribution in [0.4, 0.5) is 33.5 Å². The fourth-order valence-corrected chi connectivity index (χ4v) is 4.06. The molecule has 0 aliphatic carbocycles. The number of rotatable bonds is 6. The van der Waals surface area contributed by atoms with Gasteiger partial charge in [0.05, 0.1) is 10.9 Å². The van der Waals surface area contributed by atoms with E-state index >= 15 is 0 Å². The lowest BCUT2D eigenvalue weighted by atomic mass is 9.99. The van der Waals surface area contributed by atoms with Gasteiger partial charge < -0.3 is 20.1 Å². The highest BCUT2D eigenvalue weighted by atomic mass is 19.4. The van der Waals surface area contributed by atoms with Crippen molar-refractivity contribution in [3.8, 4) is 5.75 Å². The number of nitrogens with zero attached hydrogens (tertiary/aromatic N) is 5. The Morgan fingerprint density at radius 2 is 1.84 bits per heavy atom. The summed E-state index contributed by atoms with van der Waals surface area (Å²) in [4.78, 5) is 5.91. The zero-order chi connectivity index (χ0) is 26.3. The van der Waals surface area contributed by atoms with Crippen LogP contribution in [0.1, 0.15) is 5.56 Å². The van der Waals surface area contributed by atoms with Crippen LogP contribution < -0.4 is 25.5 Å². The van der Waals surface area contributed by atoms with E-state index < -0.39 is 25.6 Å². The summed E-state index contributed by atoms with van der Waals surface area (Å²) in [6.07, 6.45) is -4.14. The van der Waals surface area contributed by atoms with Crippen molar-refractivity contribution in [2.75, 3.05) is 16.8 Å². The second kappa shape index (κ2) is 9.32. The van der Waals surface area contributed by atoms with Crippen molar-refractivity contribution in [3.63, 3.8) is 0 Å². The minimum atomic E-state index is -4.45. The van der Waals surface area contributed by atoms with E-state index in [0.717, 1.165) is 0 Å². The van der Waals surface area contributed by atoms with E-state index in [0.29, 0.717) is 27.5 Å². The summed E-state index contributed by atoms with van der Waals surface area (Å²) in [5.41, 5.74) is 2.63. The maximum absolute atomic E-state index is 12.7. The van der Waals surface area contributed by atoms with E-state index in [1.807, 2.05) is 0 Å². The first-order valence-electron chi connectivity index (χ1n) is 10.9. The minimum Gasteiger partial charge on any atom is -0.435 e. The molecule has 13 heteroatoms. The second-order valence-electron chi connectivity index (χ2n) is 8.22. The number of hydrogen-bond acceptors (Lipinski definition) is 7. The maximum atomic E-state index is 12.7. The molecule has 0 spiro atoms. The number of halogens is 5. The normalized spacial score (nSPS) is 15.6. The van der Waals surface area contributed by atoms with Gasteiger partial charge in [0, 0.05) is 29.7 Å². The number of hydrogen-bond donors (Lipinski definition) is 2. The van der Waals surface area contributed by atoms with Crippen molar-refractivity contribution in [3.05, 3.63) is 70.7 Å². The summed E-state index contributed by atoms with van der Waals surface area (Å²) in [6, 6.07) is 13.8. The Balaban J connectivity index is 1.64. The number of ether oxygens (including phenoxy) is 1. The van der Waals surface area contributed by atoms with Crippen LogP contribution in [0.2, 0.25) is 0 Å².